The van der Waals surface area contributed by atoms with E-state index in [2.05, 4.69) is 34.2 Å². The van der Waals surface area contributed by atoms with E-state index in [0.29, 0.717) is 12.1 Å². The van der Waals surface area contributed by atoms with Gasteiger partial charge in [-0.1, -0.05) is 18.5 Å². The van der Waals surface area contributed by atoms with Gasteiger partial charge in [0.05, 0.1) is 0 Å². The van der Waals surface area contributed by atoms with Gasteiger partial charge < -0.3 is 14.7 Å². The summed E-state index contributed by atoms with van der Waals surface area (Å²) >= 11 is 0. The first kappa shape index (κ1) is 14.5. The highest BCUT2D eigenvalue weighted by atomic mass is 16.5. The highest BCUT2D eigenvalue weighted by Crippen LogP contribution is 2.19. The molecule has 5 nitrogen and oxygen atoms in total. The molecule has 2 atom stereocenters. The summed E-state index contributed by atoms with van der Waals surface area (Å²) in [6.07, 6.45) is 5.60. The molecular formula is C14H26N4O. The minimum Gasteiger partial charge on any atom is -0.339 e. The van der Waals surface area contributed by atoms with Gasteiger partial charge in [-0.3, -0.25) is 0 Å². The average Bonchev–Trinajstić information content (AvgIpc) is 2.86. The smallest absolute Gasteiger partial charge is 0.228 e. The lowest BCUT2D eigenvalue weighted by atomic mass is 9.99. The van der Waals surface area contributed by atoms with Gasteiger partial charge in [-0.25, -0.2) is 0 Å². The number of rotatable bonds is 6. The zero-order chi connectivity index (χ0) is 13.7. The Kier molecular flexibility index (Phi) is 5.34. The topological polar surface area (TPSA) is 54.2 Å². The van der Waals surface area contributed by atoms with Crippen LogP contribution in [0.15, 0.2) is 4.52 Å². The van der Waals surface area contributed by atoms with Crippen LogP contribution < -0.4 is 5.32 Å². The molecule has 0 bridgehead atoms. The summed E-state index contributed by atoms with van der Waals surface area (Å²) in [6.45, 7) is 6.67. The van der Waals surface area contributed by atoms with Crippen LogP contribution in [0.1, 0.15) is 44.8 Å². The van der Waals surface area contributed by atoms with Gasteiger partial charge in [0.15, 0.2) is 5.82 Å². The maximum atomic E-state index is 5.39. The van der Waals surface area contributed by atoms with Crippen LogP contribution in [0.5, 0.6) is 0 Å². The SMILES string of the molecule is CCN1CCCCC1Cc1nc(CC(C)NC)no1. The standard InChI is InChI=1S/C14H26N4O/c1-4-18-8-6-5-7-12(18)10-14-16-13(17-19-14)9-11(2)15-3/h11-12,15H,4-10H2,1-3H3. The molecule has 1 fully saturated rings. The van der Waals surface area contributed by atoms with E-state index < -0.39 is 0 Å². The number of hydrogen-bond donors (Lipinski definition) is 1. The summed E-state index contributed by atoms with van der Waals surface area (Å²) in [4.78, 5) is 7.05. The van der Waals surface area contributed by atoms with Crippen LogP contribution in [0.3, 0.4) is 0 Å². The number of aromatic nitrogens is 2. The van der Waals surface area contributed by atoms with E-state index in [1.807, 2.05) is 7.05 Å². The second-order valence-corrected chi connectivity index (χ2v) is 5.48. The van der Waals surface area contributed by atoms with Gasteiger partial charge in [0, 0.05) is 24.9 Å². The van der Waals surface area contributed by atoms with Crippen LogP contribution in [0.4, 0.5) is 0 Å². The molecule has 1 aliphatic heterocycles. The number of likely N-dealkylation sites (tertiary alicyclic amines) is 1. The van der Waals surface area contributed by atoms with E-state index in [1.165, 1.54) is 25.8 Å². The highest BCUT2D eigenvalue weighted by Gasteiger charge is 2.23. The molecule has 5 heteroatoms. The number of piperidine rings is 1. The summed E-state index contributed by atoms with van der Waals surface area (Å²) in [5.41, 5.74) is 0. The maximum absolute atomic E-state index is 5.39. The second-order valence-electron chi connectivity index (χ2n) is 5.48. The van der Waals surface area contributed by atoms with Gasteiger partial charge in [-0.2, -0.15) is 4.98 Å². The van der Waals surface area contributed by atoms with Crippen LogP contribution >= 0.6 is 0 Å². The third-order valence-electron chi connectivity index (χ3n) is 4.06. The van der Waals surface area contributed by atoms with Gasteiger partial charge in [-0.15, -0.1) is 0 Å². The Morgan fingerprint density at radius 3 is 3.05 bits per heavy atom. The molecule has 0 spiro atoms. The van der Waals surface area contributed by atoms with Crippen LogP contribution in [-0.4, -0.2) is 47.3 Å². The van der Waals surface area contributed by atoms with Crippen molar-refractivity contribution in [3.63, 3.8) is 0 Å². The van der Waals surface area contributed by atoms with Crippen molar-refractivity contribution in [1.29, 1.82) is 0 Å². The Morgan fingerprint density at radius 2 is 2.32 bits per heavy atom. The molecule has 1 saturated heterocycles. The van der Waals surface area contributed by atoms with Crippen LogP contribution in [0.25, 0.3) is 0 Å². The van der Waals surface area contributed by atoms with Crippen molar-refractivity contribution in [2.24, 2.45) is 0 Å². The minimum atomic E-state index is 0.382. The molecule has 0 amide bonds. The van der Waals surface area contributed by atoms with E-state index in [9.17, 15) is 0 Å². The minimum absolute atomic E-state index is 0.382. The number of likely N-dealkylation sites (N-methyl/N-ethyl adjacent to an activating group) is 2. The molecule has 0 radical (unpaired) electrons. The van der Waals surface area contributed by atoms with E-state index in [-0.39, 0.29) is 0 Å². The molecule has 0 saturated carbocycles. The molecule has 1 aromatic heterocycles. The van der Waals surface area contributed by atoms with Crippen molar-refractivity contribution >= 4 is 0 Å². The monoisotopic (exact) mass is 266 g/mol. The highest BCUT2D eigenvalue weighted by molar-refractivity contribution is 4.93. The summed E-state index contributed by atoms with van der Waals surface area (Å²) in [5, 5.41) is 7.27. The van der Waals surface area contributed by atoms with Crippen LogP contribution in [-0.2, 0) is 12.8 Å². The second kappa shape index (κ2) is 7.01. The Bertz CT molecular complexity index is 379. The quantitative estimate of drug-likeness (QED) is 0.848. The fourth-order valence-electron chi connectivity index (χ4n) is 2.74. The molecule has 1 aliphatic rings. The first-order chi connectivity index (χ1) is 9.22. The van der Waals surface area contributed by atoms with E-state index >= 15 is 0 Å². The summed E-state index contributed by atoms with van der Waals surface area (Å²) < 4.78 is 5.39. The Morgan fingerprint density at radius 1 is 1.47 bits per heavy atom. The van der Waals surface area contributed by atoms with E-state index in [0.717, 1.165) is 31.1 Å². The van der Waals surface area contributed by atoms with Crippen molar-refractivity contribution < 1.29 is 4.52 Å². The maximum Gasteiger partial charge on any atom is 0.228 e. The zero-order valence-electron chi connectivity index (χ0n) is 12.4. The zero-order valence-corrected chi connectivity index (χ0v) is 12.4. The Labute approximate surface area is 115 Å². The molecular weight excluding hydrogens is 240 g/mol. The van der Waals surface area contributed by atoms with Crippen molar-refractivity contribution in [2.45, 2.75) is 58.0 Å². The largest absolute Gasteiger partial charge is 0.339 e. The van der Waals surface area contributed by atoms with Crippen LogP contribution in [0.2, 0.25) is 0 Å². The van der Waals surface area contributed by atoms with Crippen molar-refractivity contribution in [1.82, 2.24) is 20.4 Å². The lowest BCUT2D eigenvalue weighted by molar-refractivity contribution is 0.146. The van der Waals surface area contributed by atoms with Gasteiger partial charge in [0.2, 0.25) is 5.89 Å². The average molecular weight is 266 g/mol. The van der Waals surface area contributed by atoms with Crippen molar-refractivity contribution in [3.8, 4) is 0 Å². The predicted molar refractivity (Wildman–Crippen MR) is 75.1 cm³/mol. The molecule has 1 aromatic rings. The molecule has 2 unspecified atom stereocenters. The Balaban J connectivity index is 1.91. The van der Waals surface area contributed by atoms with Crippen LogP contribution in [0, 0.1) is 0 Å². The predicted octanol–water partition coefficient (Wildman–Crippen LogP) is 1.64. The third-order valence-corrected chi connectivity index (χ3v) is 4.06. The lowest BCUT2D eigenvalue weighted by Gasteiger charge is -2.33. The van der Waals surface area contributed by atoms with Gasteiger partial charge in [0.1, 0.15) is 0 Å². The van der Waals surface area contributed by atoms with E-state index in [4.69, 9.17) is 4.52 Å². The Hall–Kier alpha value is -0.940. The summed E-state index contributed by atoms with van der Waals surface area (Å²) in [6, 6.07) is 0.959. The third kappa shape index (κ3) is 4.01. The number of hydrogen-bond acceptors (Lipinski definition) is 5. The summed E-state index contributed by atoms with van der Waals surface area (Å²) in [7, 11) is 1.95. The molecule has 0 aliphatic carbocycles. The van der Waals surface area contributed by atoms with Gasteiger partial charge >= 0.3 is 0 Å². The molecule has 19 heavy (non-hydrogen) atoms. The molecule has 0 aromatic carbocycles. The van der Waals surface area contributed by atoms with Crippen molar-refractivity contribution in [3.05, 3.63) is 11.7 Å². The fraction of sp³-hybridized carbons (Fsp3) is 0.857. The van der Waals surface area contributed by atoms with Gasteiger partial charge in [-0.05, 0) is 39.9 Å². The first-order valence-electron chi connectivity index (χ1n) is 7.45. The fourth-order valence-corrected chi connectivity index (χ4v) is 2.74. The first-order valence-corrected chi connectivity index (χ1v) is 7.45. The van der Waals surface area contributed by atoms with Crippen molar-refractivity contribution in [2.75, 3.05) is 20.1 Å². The lowest BCUT2D eigenvalue weighted by Crippen LogP contribution is -2.40. The molecule has 108 valence electrons. The molecule has 2 rings (SSSR count). The summed E-state index contributed by atoms with van der Waals surface area (Å²) in [5.74, 6) is 1.61. The number of nitrogens with zero attached hydrogens (tertiary/aromatic N) is 3. The molecule has 2 heterocycles. The normalized spacial score (nSPS) is 22.6. The molecule has 1 N–H and O–H groups in total. The van der Waals surface area contributed by atoms with E-state index in [1.54, 1.807) is 0 Å². The van der Waals surface area contributed by atoms with Gasteiger partial charge in [0.25, 0.3) is 0 Å². The number of nitrogens with one attached hydrogen (secondary N) is 1.